The predicted molar refractivity (Wildman–Crippen MR) is 60.6 cm³/mol. The van der Waals surface area contributed by atoms with Gasteiger partial charge in [0.2, 0.25) is 0 Å². The zero-order chi connectivity index (χ0) is 10.2. The Bertz CT molecular complexity index is 294. The van der Waals surface area contributed by atoms with Crippen LogP contribution in [0.1, 0.15) is 12.0 Å². The maximum Gasteiger partial charge on any atom is 0.126 e. The van der Waals surface area contributed by atoms with E-state index in [0.717, 1.165) is 24.3 Å². The van der Waals surface area contributed by atoms with E-state index in [1.165, 1.54) is 0 Å². The van der Waals surface area contributed by atoms with Crippen molar-refractivity contribution >= 4 is 6.08 Å². The Morgan fingerprint density at radius 1 is 1.36 bits per heavy atom. The Morgan fingerprint density at radius 3 is 2.86 bits per heavy atom. The fourth-order valence-electron chi connectivity index (χ4n) is 1.24. The minimum Gasteiger partial charge on any atom is -0.496 e. The van der Waals surface area contributed by atoms with E-state index in [2.05, 4.69) is 23.5 Å². The molecule has 0 bridgehead atoms. The number of nitrogens with one attached hydrogen (secondary N) is 1. The van der Waals surface area contributed by atoms with E-state index in [4.69, 9.17) is 4.74 Å². The molecule has 1 aromatic rings. The van der Waals surface area contributed by atoms with Crippen LogP contribution in [0.3, 0.4) is 0 Å². The topological polar surface area (TPSA) is 21.3 Å². The molecule has 0 fully saturated rings. The molecule has 0 aliphatic rings. The van der Waals surface area contributed by atoms with Crippen LogP contribution in [0, 0.1) is 0 Å². The fourth-order valence-corrected chi connectivity index (χ4v) is 1.24. The third kappa shape index (κ3) is 3.23. The van der Waals surface area contributed by atoms with Gasteiger partial charge in [0.05, 0.1) is 7.11 Å². The third-order valence-electron chi connectivity index (χ3n) is 2.00. The van der Waals surface area contributed by atoms with Gasteiger partial charge in [-0.1, -0.05) is 30.4 Å². The molecule has 2 heteroatoms. The molecule has 0 aromatic heterocycles. The van der Waals surface area contributed by atoms with Gasteiger partial charge in [-0.15, -0.1) is 0 Å². The predicted octanol–water partition coefficient (Wildman–Crippen LogP) is 2.32. The van der Waals surface area contributed by atoms with Gasteiger partial charge >= 0.3 is 0 Å². The maximum absolute atomic E-state index is 5.24. The van der Waals surface area contributed by atoms with Crippen molar-refractivity contribution in [2.24, 2.45) is 0 Å². The minimum absolute atomic E-state index is 0.924. The van der Waals surface area contributed by atoms with E-state index in [1.54, 1.807) is 7.11 Å². The molecule has 0 aliphatic heterocycles. The second-order valence-corrected chi connectivity index (χ2v) is 3.04. The summed E-state index contributed by atoms with van der Waals surface area (Å²) < 4.78 is 5.24. The SMILES string of the molecule is CNCCC=Cc1ccccc1OC. The Hall–Kier alpha value is -1.28. The van der Waals surface area contributed by atoms with Gasteiger partial charge in [-0.3, -0.25) is 0 Å². The second-order valence-electron chi connectivity index (χ2n) is 3.04. The fraction of sp³-hybridized carbons (Fsp3) is 0.333. The first-order valence-electron chi connectivity index (χ1n) is 4.82. The van der Waals surface area contributed by atoms with Crippen molar-refractivity contribution in [1.29, 1.82) is 0 Å². The highest BCUT2D eigenvalue weighted by Crippen LogP contribution is 2.18. The summed E-state index contributed by atoms with van der Waals surface area (Å²) in [4.78, 5) is 0. The molecule has 1 aromatic carbocycles. The van der Waals surface area contributed by atoms with Crippen LogP contribution in [0.15, 0.2) is 30.3 Å². The van der Waals surface area contributed by atoms with E-state index >= 15 is 0 Å². The number of rotatable bonds is 5. The molecule has 14 heavy (non-hydrogen) atoms. The van der Waals surface area contributed by atoms with Crippen LogP contribution in [-0.2, 0) is 0 Å². The zero-order valence-electron chi connectivity index (χ0n) is 8.79. The van der Waals surface area contributed by atoms with Crippen LogP contribution in [0.2, 0.25) is 0 Å². The van der Waals surface area contributed by atoms with E-state index in [1.807, 2.05) is 25.2 Å². The Labute approximate surface area is 85.6 Å². The minimum atomic E-state index is 0.924. The summed E-state index contributed by atoms with van der Waals surface area (Å²) in [6.07, 6.45) is 5.28. The molecule has 0 atom stereocenters. The molecule has 0 aliphatic carbocycles. The summed E-state index contributed by atoms with van der Waals surface area (Å²) >= 11 is 0. The van der Waals surface area contributed by atoms with E-state index in [-0.39, 0.29) is 0 Å². The van der Waals surface area contributed by atoms with Crippen LogP contribution in [0.4, 0.5) is 0 Å². The molecule has 2 nitrogen and oxygen atoms in total. The molecule has 0 unspecified atom stereocenters. The quantitative estimate of drug-likeness (QED) is 0.721. The van der Waals surface area contributed by atoms with Gasteiger partial charge in [0.25, 0.3) is 0 Å². The van der Waals surface area contributed by atoms with Crippen molar-refractivity contribution in [3.8, 4) is 5.75 Å². The summed E-state index contributed by atoms with van der Waals surface area (Å²) in [6.45, 7) is 1.01. The number of ether oxygens (including phenoxy) is 1. The molecule has 0 heterocycles. The number of hydrogen-bond acceptors (Lipinski definition) is 2. The van der Waals surface area contributed by atoms with Crippen molar-refractivity contribution in [3.63, 3.8) is 0 Å². The highest BCUT2D eigenvalue weighted by molar-refractivity contribution is 5.56. The van der Waals surface area contributed by atoms with Gasteiger partial charge < -0.3 is 10.1 Å². The van der Waals surface area contributed by atoms with Gasteiger partial charge in [0, 0.05) is 5.56 Å². The summed E-state index contributed by atoms with van der Waals surface area (Å²) in [5.41, 5.74) is 1.13. The van der Waals surface area contributed by atoms with E-state index in [9.17, 15) is 0 Å². The largest absolute Gasteiger partial charge is 0.496 e. The molecular weight excluding hydrogens is 174 g/mol. The molecule has 1 N–H and O–H groups in total. The standard InChI is InChI=1S/C12H17NO/c1-13-10-6-5-8-11-7-3-4-9-12(11)14-2/h3-5,7-9,13H,6,10H2,1-2H3. The Morgan fingerprint density at radius 2 is 2.14 bits per heavy atom. The van der Waals surface area contributed by atoms with E-state index < -0.39 is 0 Å². The molecule has 0 radical (unpaired) electrons. The average molecular weight is 191 g/mol. The van der Waals surface area contributed by atoms with Crippen LogP contribution in [0.25, 0.3) is 6.08 Å². The molecular formula is C12H17NO. The first kappa shape index (κ1) is 10.8. The molecule has 1 rings (SSSR count). The Balaban J connectivity index is 2.61. The monoisotopic (exact) mass is 191 g/mol. The van der Waals surface area contributed by atoms with Gasteiger partial charge in [-0.25, -0.2) is 0 Å². The lowest BCUT2D eigenvalue weighted by molar-refractivity contribution is 0.414. The normalized spacial score (nSPS) is 10.7. The first-order chi connectivity index (χ1) is 6.88. The Kier molecular flexibility index (Phi) is 4.79. The number of para-hydroxylation sites is 1. The summed E-state index contributed by atoms with van der Waals surface area (Å²) in [5.74, 6) is 0.924. The van der Waals surface area contributed by atoms with Crippen LogP contribution in [-0.4, -0.2) is 20.7 Å². The van der Waals surface area contributed by atoms with Crippen molar-refractivity contribution in [2.75, 3.05) is 20.7 Å². The smallest absolute Gasteiger partial charge is 0.126 e. The van der Waals surface area contributed by atoms with Gasteiger partial charge in [0.1, 0.15) is 5.75 Å². The highest BCUT2D eigenvalue weighted by atomic mass is 16.5. The molecule has 0 amide bonds. The molecule has 0 saturated carbocycles. The molecule has 0 spiro atoms. The summed E-state index contributed by atoms with van der Waals surface area (Å²) in [6, 6.07) is 8.01. The van der Waals surface area contributed by atoms with Crippen molar-refractivity contribution < 1.29 is 4.74 Å². The van der Waals surface area contributed by atoms with Crippen molar-refractivity contribution in [1.82, 2.24) is 5.32 Å². The lowest BCUT2D eigenvalue weighted by Crippen LogP contribution is -2.05. The summed E-state index contributed by atoms with van der Waals surface area (Å²) in [7, 11) is 3.65. The molecule has 76 valence electrons. The maximum atomic E-state index is 5.24. The zero-order valence-corrected chi connectivity index (χ0v) is 8.79. The lowest BCUT2D eigenvalue weighted by atomic mass is 10.2. The van der Waals surface area contributed by atoms with Gasteiger partial charge in [-0.05, 0) is 26.1 Å². The summed E-state index contributed by atoms with van der Waals surface area (Å²) in [5, 5.41) is 3.10. The third-order valence-corrected chi connectivity index (χ3v) is 2.00. The lowest BCUT2D eigenvalue weighted by Gasteiger charge is -2.03. The first-order valence-corrected chi connectivity index (χ1v) is 4.82. The average Bonchev–Trinajstić information content (AvgIpc) is 2.25. The van der Waals surface area contributed by atoms with E-state index in [0.29, 0.717) is 0 Å². The van der Waals surface area contributed by atoms with Crippen LogP contribution >= 0.6 is 0 Å². The van der Waals surface area contributed by atoms with Crippen LogP contribution < -0.4 is 10.1 Å². The molecule has 0 saturated heterocycles. The number of hydrogen-bond donors (Lipinski definition) is 1. The van der Waals surface area contributed by atoms with Crippen LogP contribution in [0.5, 0.6) is 5.75 Å². The van der Waals surface area contributed by atoms with Gasteiger partial charge in [0.15, 0.2) is 0 Å². The van der Waals surface area contributed by atoms with Crippen molar-refractivity contribution in [3.05, 3.63) is 35.9 Å². The number of benzene rings is 1. The van der Waals surface area contributed by atoms with Gasteiger partial charge in [-0.2, -0.15) is 0 Å². The number of methoxy groups -OCH3 is 1. The highest BCUT2D eigenvalue weighted by Gasteiger charge is 1.95. The second kappa shape index (κ2) is 6.22. The van der Waals surface area contributed by atoms with Crippen molar-refractivity contribution in [2.45, 2.75) is 6.42 Å².